The SMILES string of the molecule is Cc1cccc(N(C(=O)c2snc(C(N)=O)c2N)[C@H](C(=O)NC2CCCC2)c2ccncc2)c1. The van der Waals surface area contributed by atoms with Crippen molar-refractivity contribution < 1.29 is 14.4 Å². The molecule has 3 amide bonds. The van der Waals surface area contributed by atoms with E-state index in [1.54, 1.807) is 30.6 Å². The maximum Gasteiger partial charge on any atom is 0.273 e. The number of hydrogen-bond acceptors (Lipinski definition) is 7. The Morgan fingerprint density at radius 2 is 1.85 bits per heavy atom. The Hall–Kier alpha value is -3.79. The normalized spacial score (nSPS) is 14.5. The highest BCUT2D eigenvalue weighted by atomic mass is 32.1. The average molecular weight is 479 g/mol. The molecule has 1 atom stereocenters. The molecule has 176 valence electrons. The summed E-state index contributed by atoms with van der Waals surface area (Å²) in [6.07, 6.45) is 7.07. The van der Waals surface area contributed by atoms with Gasteiger partial charge in [-0.25, -0.2) is 0 Å². The first kappa shape index (κ1) is 23.4. The Labute approximate surface area is 201 Å². The molecule has 1 aromatic carbocycles. The largest absolute Gasteiger partial charge is 0.395 e. The van der Waals surface area contributed by atoms with Crippen LogP contribution in [0.2, 0.25) is 0 Å². The highest BCUT2D eigenvalue weighted by molar-refractivity contribution is 7.09. The zero-order valence-electron chi connectivity index (χ0n) is 18.7. The van der Waals surface area contributed by atoms with Gasteiger partial charge in [-0.15, -0.1) is 0 Å². The van der Waals surface area contributed by atoms with Crippen LogP contribution in [0.5, 0.6) is 0 Å². The van der Waals surface area contributed by atoms with Crippen LogP contribution in [0.4, 0.5) is 11.4 Å². The van der Waals surface area contributed by atoms with Crippen molar-refractivity contribution in [1.82, 2.24) is 14.7 Å². The first-order valence-corrected chi connectivity index (χ1v) is 11.8. The number of anilines is 2. The van der Waals surface area contributed by atoms with Crippen LogP contribution >= 0.6 is 11.5 Å². The van der Waals surface area contributed by atoms with Crippen molar-refractivity contribution in [2.45, 2.75) is 44.7 Å². The van der Waals surface area contributed by atoms with E-state index in [1.807, 2.05) is 25.1 Å². The maximum absolute atomic E-state index is 13.9. The molecule has 0 spiro atoms. The molecule has 3 aromatic rings. The molecule has 1 aliphatic rings. The lowest BCUT2D eigenvalue weighted by Crippen LogP contribution is -2.46. The minimum Gasteiger partial charge on any atom is -0.395 e. The number of nitrogen functional groups attached to an aromatic ring is 1. The second-order valence-corrected chi connectivity index (χ2v) is 9.10. The molecule has 0 radical (unpaired) electrons. The zero-order valence-corrected chi connectivity index (χ0v) is 19.5. The van der Waals surface area contributed by atoms with Gasteiger partial charge < -0.3 is 16.8 Å². The smallest absolute Gasteiger partial charge is 0.273 e. The number of nitrogens with one attached hydrogen (secondary N) is 1. The molecule has 0 saturated heterocycles. The number of carbonyl (C=O) groups is 3. The Morgan fingerprint density at radius 1 is 1.15 bits per heavy atom. The molecule has 34 heavy (non-hydrogen) atoms. The number of carbonyl (C=O) groups excluding carboxylic acids is 3. The van der Waals surface area contributed by atoms with Gasteiger partial charge in [0.1, 0.15) is 10.9 Å². The van der Waals surface area contributed by atoms with Gasteiger partial charge in [0.25, 0.3) is 11.8 Å². The molecule has 4 rings (SSSR count). The van der Waals surface area contributed by atoms with E-state index in [-0.39, 0.29) is 28.2 Å². The molecule has 2 aromatic heterocycles. The Bertz CT molecular complexity index is 1210. The number of nitrogens with two attached hydrogens (primary N) is 2. The van der Waals surface area contributed by atoms with Crippen molar-refractivity contribution >= 4 is 40.6 Å². The van der Waals surface area contributed by atoms with Crippen LogP contribution in [0.25, 0.3) is 0 Å². The van der Waals surface area contributed by atoms with E-state index >= 15 is 0 Å². The second-order valence-electron chi connectivity index (χ2n) is 8.33. The molecule has 0 aliphatic heterocycles. The quantitative estimate of drug-likeness (QED) is 0.476. The highest BCUT2D eigenvalue weighted by Crippen LogP contribution is 2.33. The summed E-state index contributed by atoms with van der Waals surface area (Å²) >= 11 is 0.786. The lowest BCUT2D eigenvalue weighted by Gasteiger charge is -2.32. The third kappa shape index (κ3) is 4.76. The summed E-state index contributed by atoms with van der Waals surface area (Å²) in [5.74, 6) is -1.66. The van der Waals surface area contributed by atoms with E-state index in [0.29, 0.717) is 11.3 Å². The van der Waals surface area contributed by atoms with Crippen LogP contribution < -0.4 is 21.7 Å². The molecule has 1 fully saturated rings. The second kappa shape index (κ2) is 10.0. The molecule has 5 N–H and O–H groups in total. The maximum atomic E-state index is 13.9. The summed E-state index contributed by atoms with van der Waals surface area (Å²) in [4.78, 5) is 44.8. The number of pyridine rings is 1. The number of aryl methyl sites for hydroxylation is 1. The Morgan fingerprint density at radius 3 is 2.47 bits per heavy atom. The van der Waals surface area contributed by atoms with Gasteiger partial charge in [-0.1, -0.05) is 25.0 Å². The number of amides is 3. The predicted octanol–water partition coefficient (Wildman–Crippen LogP) is 2.97. The van der Waals surface area contributed by atoms with Gasteiger partial charge in [-0.05, 0) is 66.7 Å². The first-order valence-electron chi connectivity index (χ1n) is 11.0. The minimum atomic E-state index is -0.989. The fourth-order valence-electron chi connectivity index (χ4n) is 4.21. The molecule has 9 nitrogen and oxygen atoms in total. The zero-order chi connectivity index (χ0) is 24.2. The van der Waals surface area contributed by atoms with E-state index in [9.17, 15) is 14.4 Å². The topological polar surface area (TPSA) is 144 Å². The van der Waals surface area contributed by atoms with Crippen molar-refractivity contribution in [2.75, 3.05) is 10.6 Å². The van der Waals surface area contributed by atoms with Gasteiger partial charge in [0.2, 0.25) is 5.91 Å². The monoisotopic (exact) mass is 478 g/mol. The van der Waals surface area contributed by atoms with E-state index in [4.69, 9.17) is 11.5 Å². The standard InChI is InChI=1S/C24H26N6O3S/c1-14-5-4-8-17(13-14)30(24(33)21-18(25)19(22(26)31)29-34-21)20(15-9-11-27-12-10-15)23(32)28-16-6-2-3-7-16/h4-5,8-13,16,20H,2-3,6-7,25H2,1H3,(H2,26,31)(H,28,32)/t20-/m0/s1. The fourth-order valence-corrected chi connectivity index (χ4v) is 4.96. The van der Waals surface area contributed by atoms with Gasteiger partial charge >= 0.3 is 0 Å². The number of rotatable bonds is 7. The first-order chi connectivity index (χ1) is 16.4. The van der Waals surface area contributed by atoms with Crippen molar-refractivity contribution in [1.29, 1.82) is 0 Å². The van der Waals surface area contributed by atoms with Crippen LogP contribution in [0, 0.1) is 6.92 Å². The molecule has 10 heteroatoms. The summed E-state index contributed by atoms with van der Waals surface area (Å²) in [6, 6.07) is 9.78. The lowest BCUT2D eigenvalue weighted by atomic mass is 10.0. The third-order valence-corrected chi connectivity index (χ3v) is 6.74. The fraction of sp³-hybridized carbons (Fsp3) is 0.292. The minimum absolute atomic E-state index is 0.0445. The van der Waals surface area contributed by atoms with Gasteiger partial charge in [0.05, 0.1) is 5.69 Å². The number of primary amides is 1. The van der Waals surface area contributed by atoms with Crippen LogP contribution in [-0.2, 0) is 4.79 Å². The summed E-state index contributed by atoms with van der Waals surface area (Å²) in [7, 11) is 0. The third-order valence-electron chi connectivity index (χ3n) is 5.88. The van der Waals surface area contributed by atoms with Gasteiger partial charge in [-0.2, -0.15) is 4.37 Å². The lowest BCUT2D eigenvalue weighted by molar-refractivity contribution is -0.123. The number of nitrogens with zero attached hydrogens (tertiary/aromatic N) is 3. The van der Waals surface area contributed by atoms with Crippen molar-refractivity contribution in [3.8, 4) is 0 Å². The predicted molar refractivity (Wildman–Crippen MR) is 130 cm³/mol. The van der Waals surface area contributed by atoms with Crippen LogP contribution in [0.15, 0.2) is 48.8 Å². The van der Waals surface area contributed by atoms with Crippen molar-refractivity contribution in [3.05, 3.63) is 70.5 Å². The molecule has 1 aliphatic carbocycles. The summed E-state index contributed by atoms with van der Waals surface area (Å²) in [6.45, 7) is 1.90. The number of benzene rings is 1. The molecule has 2 heterocycles. The average Bonchev–Trinajstić information content (AvgIpc) is 3.47. The number of hydrogen-bond donors (Lipinski definition) is 3. The summed E-state index contributed by atoms with van der Waals surface area (Å²) in [5.41, 5.74) is 13.2. The van der Waals surface area contributed by atoms with E-state index in [2.05, 4.69) is 14.7 Å². The molecule has 1 saturated carbocycles. The van der Waals surface area contributed by atoms with Crippen molar-refractivity contribution in [2.24, 2.45) is 5.73 Å². The van der Waals surface area contributed by atoms with E-state index in [0.717, 1.165) is 42.8 Å². The van der Waals surface area contributed by atoms with Gasteiger partial charge in [-0.3, -0.25) is 24.3 Å². The van der Waals surface area contributed by atoms with Gasteiger partial charge in [0, 0.05) is 24.1 Å². The van der Waals surface area contributed by atoms with Crippen LogP contribution in [0.3, 0.4) is 0 Å². The van der Waals surface area contributed by atoms with Gasteiger partial charge in [0.15, 0.2) is 5.69 Å². The van der Waals surface area contributed by atoms with Crippen molar-refractivity contribution in [3.63, 3.8) is 0 Å². The van der Waals surface area contributed by atoms with E-state index < -0.39 is 17.9 Å². The van der Waals surface area contributed by atoms with Crippen LogP contribution in [0.1, 0.15) is 63.0 Å². The number of aromatic nitrogens is 2. The summed E-state index contributed by atoms with van der Waals surface area (Å²) in [5, 5.41) is 3.12. The molecule has 0 unspecified atom stereocenters. The Kier molecular flexibility index (Phi) is 6.87. The van der Waals surface area contributed by atoms with Crippen LogP contribution in [-0.4, -0.2) is 33.1 Å². The molecular weight excluding hydrogens is 452 g/mol. The molecule has 0 bridgehead atoms. The van der Waals surface area contributed by atoms with E-state index in [1.165, 1.54) is 4.90 Å². The Balaban J connectivity index is 1.84. The summed E-state index contributed by atoms with van der Waals surface area (Å²) < 4.78 is 3.97. The highest BCUT2D eigenvalue weighted by Gasteiger charge is 2.37. The molecular formula is C24H26N6O3S.